The van der Waals surface area contributed by atoms with Crippen molar-refractivity contribution in [2.75, 3.05) is 45.4 Å². The van der Waals surface area contributed by atoms with Crippen molar-refractivity contribution in [1.29, 1.82) is 0 Å². The number of carbonyl (C=O) groups excluding carboxylic acids is 2. The van der Waals surface area contributed by atoms with E-state index in [-0.39, 0.29) is 34.3 Å². The van der Waals surface area contributed by atoms with Gasteiger partial charge in [0.2, 0.25) is 5.95 Å². The van der Waals surface area contributed by atoms with Crippen molar-refractivity contribution in [2.45, 2.75) is 5.92 Å². The fourth-order valence-electron chi connectivity index (χ4n) is 4.31. The van der Waals surface area contributed by atoms with E-state index in [1.165, 1.54) is 24.5 Å². The lowest BCUT2D eigenvalue weighted by Crippen LogP contribution is -2.32. The third kappa shape index (κ3) is 4.89. The molecule has 0 fully saturated rings. The van der Waals surface area contributed by atoms with Gasteiger partial charge in [-0.25, -0.2) is 9.97 Å². The summed E-state index contributed by atoms with van der Waals surface area (Å²) >= 11 is 0. The third-order valence-corrected chi connectivity index (χ3v) is 6.21. The summed E-state index contributed by atoms with van der Waals surface area (Å²) in [6.45, 7) is 2.01. The molecule has 0 saturated heterocycles. The lowest BCUT2D eigenvalue weighted by atomic mass is 9.97. The van der Waals surface area contributed by atoms with Gasteiger partial charge in [-0.3, -0.25) is 9.59 Å². The van der Waals surface area contributed by atoms with E-state index in [0.29, 0.717) is 43.2 Å². The molecule has 0 aliphatic heterocycles. The van der Waals surface area contributed by atoms with Gasteiger partial charge in [0, 0.05) is 43.8 Å². The van der Waals surface area contributed by atoms with Crippen LogP contribution in [0.1, 0.15) is 32.3 Å². The van der Waals surface area contributed by atoms with Crippen molar-refractivity contribution in [1.82, 2.24) is 19.9 Å². The molecular formula is C27H25N5O6. The summed E-state index contributed by atoms with van der Waals surface area (Å²) in [5.41, 5.74) is 1.04. The van der Waals surface area contributed by atoms with E-state index in [9.17, 15) is 14.7 Å². The van der Waals surface area contributed by atoms with Crippen LogP contribution in [0.3, 0.4) is 0 Å². The SMILES string of the molecule is COCCN(CCOC)c1ncnc(Oc2ccc3c(c2)C(=O)C(c2nc4ccccc4cc2O)C3=O)n1. The molecule has 2 aromatic carbocycles. The van der Waals surface area contributed by atoms with Crippen molar-refractivity contribution in [3.63, 3.8) is 0 Å². The largest absolute Gasteiger partial charge is 0.506 e. The molecule has 0 radical (unpaired) electrons. The Hall–Kier alpha value is -4.48. The zero-order valence-corrected chi connectivity index (χ0v) is 20.8. The second-order valence-electron chi connectivity index (χ2n) is 8.60. The van der Waals surface area contributed by atoms with Gasteiger partial charge in [-0.2, -0.15) is 9.97 Å². The molecule has 0 spiro atoms. The number of carbonyl (C=O) groups is 2. The van der Waals surface area contributed by atoms with E-state index in [0.717, 1.165) is 0 Å². The average molecular weight is 516 g/mol. The highest BCUT2D eigenvalue weighted by Crippen LogP contribution is 2.39. The molecule has 11 heteroatoms. The molecule has 0 bridgehead atoms. The molecule has 38 heavy (non-hydrogen) atoms. The molecule has 5 rings (SSSR count). The van der Waals surface area contributed by atoms with Gasteiger partial charge in [0.05, 0.1) is 18.7 Å². The quantitative estimate of drug-likeness (QED) is 0.312. The van der Waals surface area contributed by atoms with Crippen molar-refractivity contribution >= 4 is 28.4 Å². The van der Waals surface area contributed by atoms with Crippen LogP contribution >= 0.6 is 0 Å². The van der Waals surface area contributed by atoms with Gasteiger partial charge in [0.25, 0.3) is 0 Å². The van der Waals surface area contributed by atoms with Gasteiger partial charge in [-0.15, -0.1) is 0 Å². The number of fused-ring (bicyclic) bond motifs is 2. The van der Waals surface area contributed by atoms with Crippen LogP contribution in [0.5, 0.6) is 17.5 Å². The molecule has 2 aromatic heterocycles. The fourth-order valence-corrected chi connectivity index (χ4v) is 4.31. The van der Waals surface area contributed by atoms with Gasteiger partial charge in [-0.05, 0) is 30.3 Å². The van der Waals surface area contributed by atoms with E-state index in [2.05, 4.69) is 19.9 Å². The number of aromatic nitrogens is 4. The summed E-state index contributed by atoms with van der Waals surface area (Å²) in [4.78, 5) is 45.5. The lowest BCUT2D eigenvalue weighted by Gasteiger charge is -2.21. The number of rotatable bonds is 10. The number of ketones is 2. The van der Waals surface area contributed by atoms with Crippen molar-refractivity contribution < 1.29 is 28.9 Å². The van der Waals surface area contributed by atoms with Crippen LogP contribution < -0.4 is 9.64 Å². The Bertz CT molecular complexity index is 1500. The van der Waals surface area contributed by atoms with Gasteiger partial charge >= 0.3 is 6.01 Å². The Labute approximate surface area is 218 Å². The fraction of sp³-hybridized carbons (Fsp3) is 0.259. The monoisotopic (exact) mass is 515 g/mol. The van der Waals surface area contributed by atoms with Gasteiger partial charge in [0.1, 0.15) is 29.4 Å². The van der Waals surface area contributed by atoms with E-state index in [1.54, 1.807) is 38.5 Å². The zero-order valence-electron chi connectivity index (χ0n) is 20.8. The van der Waals surface area contributed by atoms with E-state index < -0.39 is 17.5 Å². The number of nitrogens with zero attached hydrogens (tertiary/aromatic N) is 5. The van der Waals surface area contributed by atoms with Gasteiger partial charge in [-0.1, -0.05) is 18.2 Å². The number of ether oxygens (including phenoxy) is 3. The summed E-state index contributed by atoms with van der Waals surface area (Å²) in [7, 11) is 3.22. The van der Waals surface area contributed by atoms with Crippen LogP contribution in [-0.2, 0) is 9.47 Å². The highest BCUT2D eigenvalue weighted by atomic mass is 16.5. The molecule has 1 aliphatic carbocycles. The smallest absolute Gasteiger partial charge is 0.326 e. The van der Waals surface area contributed by atoms with Crippen LogP contribution in [0.4, 0.5) is 5.95 Å². The molecule has 0 amide bonds. The number of anilines is 1. The highest BCUT2D eigenvalue weighted by molar-refractivity contribution is 6.30. The maximum Gasteiger partial charge on any atom is 0.326 e. The Morgan fingerprint density at radius 2 is 1.63 bits per heavy atom. The van der Waals surface area contributed by atoms with E-state index in [1.807, 2.05) is 11.0 Å². The van der Waals surface area contributed by atoms with Crippen LogP contribution in [-0.4, -0.2) is 77.1 Å². The second kappa shape index (κ2) is 10.9. The number of hydrogen-bond acceptors (Lipinski definition) is 11. The standard InChI is InChI=1S/C27H25N5O6/c1-36-11-9-32(10-12-37-2)26-28-15-29-27(31-26)38-17-7-8-18-19(14-17)25(35)22(24(18)34)23-21(33)13-16-5-3-4-6-20(16)30-23/h3-8,13-15,22,33H,9-12H2,1-2H3. The maximum absolute atomic E-state index is 13.3. The van der Waals surface area contributed by atoms with Crippen molar-refractivity contribution in [2.24, 2.45) is 0 Å². The van der Waals surface area contributed by atoms with Crippen LogP contribution in [0.2, 0.25) is 0 Å². The molecule has 194 valence electrons. The first kappa shape index (κ1) is 25.2. The predicted molar refractivity (Wildman–Crippen MR) is 137 cm³/mol. The molecular weight excluding hydrogens is 490 g/mol. The third-order valence-electron chi connectivity index (χ3n) is 6.21. The van der Waals surface area contributed by atoms with Crippen molar-refractivity contribution in [3.8, 4) is 17.5 Å². The van der Waals surface area contributed by atoms with Gasteiger partial charge in [0.15, 0.2) is 11.6 Å². The maximum atomic E-state index is 13.3. The first-order valence-corrected chi connectivity index (χ1v) is 11.9. The predicted octanol–water partition coefficient (Wildman–Crippen LogP) is 3.18. The Morgan fingerprint density at radius 1 is 0.895 bits per heavy atom. The Kier molecular flexibility index (Phi) is 7.20. The van der Waals surface area contributed by atoms with E-state index >= 15 is 0 Å². The normalized spacial score (nSPS) is 14.6. The number of Topliss-reactive ketones (excluding diaryl/α,β-unsaturated/α-hetero) is 2. The minimum Gasteiger partial charge on any atom is -0.506 e. The number of para-hydroxylation sites is 1. The lowest BCUT2D eigenvalue weighted by molar-refractivity contribution is 0.0886. The summed E-state index contributed by atoms with van der Waals surface area (Å²) in [6.07, 6.45) is 1.33. The highest BCUT2D eigenvalue weighted by Gasteiger charge is 2.42. The zero-order chi connectivity index (χ0) is 26.6. The summed E-state index contributed by atoms with van der Waals surface area (Å²) in [5.74, 6) is -1.67. The minimum atomic E-state index is -1.23. The Morgan fingerprint density at radius 3 is 2.39 bits per heavy atom. The number of pyridine rings is 1. The minimum absolute atomic E-state index is 0.0250. The van der Waals surface area contributed by atoms with Crippen molar-refractivity contribution in [3.05, 3.63) is 71.7 Å². The number of benzene rings is 2. The molecule has 1 unspecified atom stereocenters. The van der Waals surface area contributed by atoms with Gasteiger partial charge < -0.3 is 24.2 Å². The molecule has 1 atom stereocenters. The first-order chi connectivity index (χ1) is 18.5. The summed E-state index contributed by atoms with van der Waals surface area (Å²) < 4.78 is 16.2. The number of hydrogen-bond donors (Lipinski definition) is 1. The molecule has 4 aromatic rings. The average Bonchev–Trinajstić information content (AvgIpc) is 3.17. The van der Waals surface area contributed by atoms with Crippen LogP contribution in [0.15, 0.2) is 54.9 Å². The Balaban J connectivity index is 1.40. The van der Waals surface area contributed by atoms with Crippen LogP contribution in [0.25, 0.3) is 10.9 Å². The molecule has 1 N–H and O–H groups in total. The topological polar surface area (TPSA) is 137 Å². The second-order valence-corrected chi connectivity index (χ2v) is 8.60. The molecule has 0 saturated carbocycles. The number of aromatic hydroxyl groups is 1. The van der Waals surface area contributed by atoms with Crippen LogP contribution in [0, 0.1) is 0 Å². The number of methoxy groups -OCH3 is 2. The summed E-state index contributed by atoms with van der Waals surface area (Å²) in [6, 6.07) is 13.3. The molecule has 11 nitrogen and oxygen atoms in total. The summed E-state index contributed by atoms with van der Waals surface area (Å²) in [5, 5.41) is 11.3. The molecule has 2 heterocycles. The molecule has 1 aliphatic rings. The first-order valence-electron chi connectivity index (χ1n) is 11.9. The van der Waals surface area contributed by atoms with E-state index in [4.69, 9.17) is 14.2 Å².